The minimum atomic E-state index is -3.67. The summed E-state index contributed by atoms with van der Waals surface area (Å²) < 4.78 is 37.6. The number of carbonyl (C=O) groups excluding carboxylic acids is 2. The molecule has 0 aliphatic carbocycles. The van der Waals surface area contributed by atoms with Crippen molar-refractivity contribution in [1.29, 1.82) is 0 Å². The number of methoxy groups -OCH3 is 1. The number of benzene rings is 2. The van der Waals surface area contributed by atoms with E-state index < -0.39 is 28.0 Å². The number of nitrogens with zero attached hydrogens (tertiary/aromatic N) is 3. The number of ether oxygens (including phenoxy) is 2. The molecule has 0 bridgehead atoms. The van der Waals surface area contributed by atoms with Gasteiger partial charge < -0.3 is 14.8 Å². The van der Waals surface area contributed by atoms with Gasteiger partial charge in [-0.2, -0.15) is 5.10 Å². The van der Waals surface area contributed by atoms with Crippen LogP contribution in [0.15, 0.2) is 65.7 Å². The van der Waals surface area contributed by atoms with Gasteiger partial charge in [-0.25, -0.2) is 22.2 Å². The first kappa shape index (κ1) is 24.0. The van der Waals surface area contributed by atoms with Gasteiger partial charge in [0.15, 0.2) is 11.9 Å². The summed E-state index contributed by atoms with van der Waals surface area (Å²) >= 11 is 0. The summed E-state index contributed by atoms with van der Waals surface area (Å²) in [6, 6.07) is 14.9. The zero-order valence-corrected chi connectivity index (χ0v) is 19.4. The van der Waals surface area contributed by atoms with E-state index in [2.05, 4.69) is 10.4 Å². The van der Waals surface area contributed by atoms with Gasteiger partial charge in [0.25, 0.3) is 5.91 Å². The summed E-state index contributed by atoms with van der Waals surface area (Å²) in [6.07, 6.45) is 0.353. The molecule has 0 fully saturated rings. The van der Waals surface area contributed by atoms with Crippen LogP contribution in [0.4, 0.5) is 5.69 Å². The summed E-state index contributed by atoms with van der Waals surface area (Å²) in [7, 11) is 0.555. The lowest BCUT2D eigenvalue weighted by molar-refractivity contribution is -0.123. The molecule has 0 spiro atoms. The van der Waals surface area contributed by atoms with Gasteiger partial charge in [-0.05, 0) is 37.3 Å². The zero-order valence-electron chi connectivity index (χ0n) is 18.6. The molecule has 2 aromatic carbocycles. The minimum Gasteiger partial charge on any atom is -0.493 e. The van der Waals surface area contributed by atoms with Gasteiger partial charge in [0.05, 0.1) is 23.9 Å². The van der Waals surface area contributed by atoms with Crippen molar-refractivity contribution in [3.63, 3.8) is 0 Å². The van der Waals surface area contributed by atoms with Gasteiger partial charge >= 0.3 is 5.97 Å². The molecule has 1 heterocycles. The van der Waals surface area contributed by atoms with Crippen molar-refractivity contribution in [2.24, 2.45) is 0 Å². The molecule has 0 saturated carbocycles. The molecule has 3 rings (SSSR count). The summed E-state index contributed by atoms with van der Waals surface area (Å²) in [5.74, 6) is -1.28. The second-order valence-electron chi connectivity index (χ2n) is 7.18. The van der Waals surface area contributed by atoms with Gasteiger partial charge in [0, 0.05) is 19.8 Å². The Kier molecular flexibility index (Phi) is 7.14. The molecular formula is C22H24N4O6S. The zero-order chi connectivity index (χ0) is 24.2. The molecular weight excluding hydrogens is 448 g/mol. The molecule has 10 nitrogen and oxygen atoms in total. The van der Waals surface area contributed by atoms with Crippen LogP contribution in [0, 0.1) is 0 Å². The van der Waals surface area contributed by atoms with E-state index in [1.165, 1.54) is 63.3 Å². The van der Waals surface area contributed by atoms with Gasteiger partial charge in [0.1, 0.15) is 0 Å². The fourth-order valence-electron chi connectivity index (χ4n) is 2.82. The first-order valence-electron chi connectivity index (χ1n) is 9.87. The molecule has 174 valence electrons. The van der Waals surface area contributed by atoms with Crippen molar-refractivity contribution in [2.75, 3.05) is 26.5 Å². The van der Waals surface area contributed by atoms with Crippen LogP contribution >= 0.6 is 0 Å². The normalized spacial score (nSPS) is 12.3. The van der Waals surface area contributed by atoms with E-state index in [1.807, 2.05) is 30.3 Å². The van der Waals surface area contributed by atoms with Crippen LogP contribution in [0.2, 0.25) is 0 Å². The van der Waals surface area contributed by atoms with E-state index in [0.29, 0.717) is 5.69 Å². The summed E-state index contributed by atoms with van der Waals surface area (Å²) in [5.41, 5.74) is 0.880. The summed E-state index contributed by atoms with van der Waals surface area (Å²) in [5, 5.41) is 6.77. The quantitative estimate of drug-likeness (QED) is 0.500. The maximum absolute atomic E-state index is 12.7. The highest BCUT2D eigenvalue weighted by atomic mass is 32.2. The van der Waals surface area contributed by atoms with Gasteiger partial charge in [-0.1, -0.05) is 24.3 Å². The summed E-state index contributed by atoms with van der Waals surface area (Å²) in [4.78, 5) is 25.2. The monoisotopic (exact) mass is 472 g/mol. The van der Waals surface area contributed by atoms with E-state index in [9.17, 15) is 18.0 Å². The van der Waals surface area contributed by atoms with Crippen molar-refractivity contribution in [3.8, 4) is 11.4 Å². The predicted octanol–water partition coefficient (Wildman–Crippen LogP) is 2.32. The first-order chi connectivity index (χ1) is 15.6. The van der Waals surface area contributed by atoms with Gasteiger partial charge in [-0.3, -0.25) is 4.79 Å². The standard InChI is InChI=1S/C22H24N4O6S/c1-15(21(27)23-16-9-8-12-18(13-16)33(29,30)25(2)3)32-22(28)20-19(31-4)14-26(24-20)17-10-6-5-7-11-17/h5-15H,1-4H3,(H,23,27). The SMILES string of the molecule is COc1cn(-c2ccccc2)nc1C(=O)OC(C)C(=O)Nc1cccc(S(=O)(=O)N(C)C)c1. The Bertz CT molecular complexity index is 1250. The molecule has 1 unspecified atom stereocenters. The number of aromatic nitrogens is 2. The Morgan fingerprint density at radius 1 is 1.09 bits per heavy atom. The number of hydrogen-bond acceptors (Lipinski definition) is 7. The smallest absolute Gasteiger partial charge is 0.363 e. The van der Waals surface area contributed by atoms with Crippen molar-refractivity contribution >= 4 is 27.6 Å². The number of rotatable bonds is 8. The Morgan fingerprint density at radius 2 is 1.79 bits per heavy atom. The van der Waals surface area contributed by atoms with Crippen LogP contribution in [0.3, 0.4) is 0 Å². The van der Waals surface area contributed by atoms with Crippen LogP contribution in [0.1, 0.15) is 17.4 Å². The Labute approximate surface area is 191 Å². The third kappa shape index (κ3) is 5.38. The molecule has 1 atom stereocenters. The van der Waals surface area contributed by atoms with Crippen LogP contribution in [0.25, 0.3) is 5.69 Å². The van der Waals surface area contributed by atoms with Gasteiger partial charge in [0.2, 0.25) is 15.7 Å². The van der Waals surface area contributed by atoms with Crippen LogP contribution in [0.5, 0.6) is 5.75 Å². The number of hydrogen-bond donors (Lipinski definition) is 1. The van der Waals surface area contributed by atoms with E-state index in [4.69, 9.17) is 9.47 Å². The number of anilines is 1. The number of esters is 1. The highest BCUT2D eigenvalue weighted by Crippen LogP contribution is 2.22. The van der Waals surface area contributed by atoms with Crippen molar-refractivity contribution in [1.82, 2.24) is 14.1 Å². The molecule has 1 aromatic heterocycles. The maximum atomic E-state index is 12.7. The van der Waals surface area contributed by atoms with Crippen molar-refractivity contribution in [2.45, 2.75) is 17.9 Å². The molecule has 0 saturated heterocycles. The number of carbonyl (C=O) groups is 2. The Hall–Kier alpha value is -3.70. The number of para-hydroxylation sites is 1. The number of sulfonamides is 1. The fourth-order valence-corrected chi connectivity index (χ4v) is 3.77. The predicted molar refractivity (Wildman–Crippen MR) is 121 cm³/mol. The molecule has 1 amide bonds. The highest BCUT2D eigenvalue weighted by molar-refractivity contribution is 7.89. The molecule has 0 aliphatic rings. The largest absolute Gasteiger partial charge is 0.493 e. The molecule has 11 heteroatoms. The van der Waals surface area contributed by atoms with Crippen LogP contribution in [-0.4, -0.2) is 61.7 Å². The second kappa shape index (κ2) is 9.84. The van der Waals surface area contributed by atoms with E-state index in [1.54, 1.807) is 0 Å². The lowest BCUT2D eigenvalue weighted by Gasteiger charge is -2.15. The third-order valence-corrected chi connectivity index (χ3v) is 6.46. The average molecular weight is 473 g/mol. The highest BCUT2D eigenvalue weighted by Gasteiger charge is 2.25. The Balaban J connectivity index is 1.72. The van der Waals surface area contributed by atoms with Crippen LogP contribution < -0.4 is 10.1 Å². The maximum Gasteiger partial charge on any atom is 0.363 e. The lowest BCUT2D eigenvalue weighted by atomic mass is 10.3. The van der Waals surface area contributed by atoms with Gasteiger partial charge in [-0.15, -0.1) is 0 Å². The van der Waals surface area contributed by atoms with Crippen molar-refractivity contribution < 1.29 is 27.5 Å². The molecule has 0 radical (unpaired) electrons. The number of amides is 1. The fraction of sp³-hybridized carbons (Fsp3) is 0.227. The lowest BCUT2D eigenvalue weighted by Crippen LogP contribution is -2.30. The van der Waals surface area contributed by atoms with E-state index in [0.717, 1.165) is 4.31 Å². The van der Waals surface area contributed by atoms with Crippen LogP contribution in [-0.2, 0) is 19.6 Å². The molecule has 0 aliphatic heterocycles. The average Bonchev–Trinajstić information content (AvgIpc) is 3.24. The molecule has 1 N–H and O–H groups in total. The Morgan fingerprint density at radius 3 is 2.42 bits per heavy atom. The van der Waals surface area contributed by atoms with E-state index >= 15 is 0 Å². The third-order valence-electron chi connectivity index (χ3n) is 4.65. The second-order valence-corrected chi connectivity index (χ2v) is 9.33. The van der Waals surface area contributed by atoms with Crippen molar-refractivity contribution in [3.05, 3.63) is 66.5 Å². The molecule has 33 heavy (non-hydrogen) atoms. The van der Waals surface area contributed by atoms with E-state index in [-0.39, 0.29) is 22.0 Å². The molecule has 3 aromatic rings. The first-order valence-corrected chi connectivity index (χ1v) is 11.3. The topological polar surface area (TPSA) is 120 Å². The number of nitrogens with one attached hydrogen (secondary N) is 1. The summed E-state index contributed by atoms with van der Waals surface area (Å²) in [6.45, 7) is 1.40. The minimum absolute atomic E-state index is 0.0196.